The molecule has 0 fully saturated rings. The predicted octanol–water partition coefficient (Wildman–Crippen LogP) is 3.52. The van der Waals surface area contributed by atoms with Crippen molar-refractivity contribution >= 4 is 46.0 Å². The number of carbonyl (C=O) groups excluding carboxylic acids is 3. The van der Waals surface area contributed by atoms with E-state index in [0.717, 1.165) is 23.7 Å². The summed E-state index contributed by atoms with van der Waals surface area (Å²) in [5.74, 6) is -0.892. The molecule has 0 heterocycles. The molecule has 0 aromatic heterocycles. The average molecular weight is 372 g/mol. The number of ether oxygens (including phenoxy) is 1. The maximum atomic E-state index is 12.6. The van der Waals surface area contributed by atoms with Crippen LogP contribution in [0, 0.1) is 13.8 Å². The van der Waals surface area contributed by atoms with Crippen molar-refractivity contribution in [3.8, 4) is 0 Å². The van der Waals surface area contributed by atoms with Crippen LogP contribution in [-0.2, 0) is 19.1 Å². The van der Waals surface area contributed by atoms with E-state index in [1.54, 1.807) is 19.1 Å². The van der Waals surface area contributed by atoms with Gasteiger partial charge in [-0.2, -0.15) is 0 Å². The fraction of sp³-hybridized carbons (Fsp3) is 0.471. The van der Waals surface area contributed by atoms with Crippen molar-refractivity contribution in [3.05, 3.63) is 28.3 Å². The summed E-state index contributed by atoms with van der Waals surface area (Å²) in [5.41, 5.74) is 2.11. The normalized spacial score (nSPS) is 10.4. The second-order valence-electron chi connectivity index (χ2n) is 5.30. The maximum absolute atomic E-state index is 12.6. The van der Waals surface area contributed by atoms with Crippen molar-refractivity contribution in [2.75, 3.05) is 24.3 Å². The number of nitrogens with zero attached hydrogens (tertiary/aromatic N) is 1. The van der Waals surface area contributed by atoms with Gasteiger partial charge in [-0.15, -0.1) is 0 Å². The first-order valence-electron chi connectivity index (χ1n) is 7.60. The van der Waals surface area contributed by atoms with Crippen molar-refractivity contribution in [1.82, 2.24) is 0 Å². The third-order valence-corrected chi connectivity index (χ3v) is 4.79. The molecular weight excluding hydrogens is 350 g/mol. The molecule has 0 aliphatic heterocycles. The molecule has 5 nitrogen and oxygen atoms in total. The van der Waals surface area contributed by atoms with E-state index in [9.17, 15) is 14.4 Å². The molecular formula is C17H22ClNO4S. The molecule has 0 bridgehead atoms. The Morgan fingerprint density at radius 2 is 1.92 bits per heavy atom. The highest BCUT2D eigenvalue weighted by Crippen LogP contribution is 2.31. The number of esters is 1. The van der Waals surface area contributed by atoms with E-state index in [1.165, 1.54) is 12.0 Å². The number of thioether (sulfide) groups is 1. The van der Waals surface area contributed by atoms with Crippen LogP contribution in [0.4, 0.5) is 5.69 Å². The van der Waals surface area contributed by atoms with Gasteiger partial charge in [0.1, 0.15) is 6.54 Å². The largest absolute Gasteiger partial charge is 0.468 e. The monoisotopic (exact) mass is 371 g/mol. The summed E-state index contributed by atoms with van der Waals surface area (Å²) in [4.78, 5) is 37.3. The van der Waals surface area contributed by atoms with Crippen LogP contribution in [0.3, 0.4) is 0 Å². The molecule has 0 saturated carbocycles. The van der Waals surface area contributed by atoms with E-state index in [-0.39, 0.29) is 23.3 Å². The summed E-state index contributed by atoms with van der Waals surface area (Å²) >= 11 is 7.13. The Bertz CT molecular complexity index is 633. The molecule has 0 aliphatic rings. The Labute approximate surface area is 151 Å². The quantitative estimate of drug-likeness (QED) is 0.686. The van der Waals surface area contributed by atoms with Crippen LogP contribution in [0.15, 0.2) is 12.1 Å². The average Bonchev–Trinajstić information content (AvgIpc) is 2.55. The fourth-order valence-electron chi connectivity index (χ4n) is 2.21. The lowest BCUT2D eigenvalue weighted by Gasteiger charge is -2.25. The van der Waals surface area contributed by atoms with Crippen molar-refractivity contribution in [3.63, 3.8) is 0 Å². The first-order valence-corrected chi connectivity index (χ1v) is 8.96. The zero-order chi connectivity index (χ0) is 18.3. The van der Waals surface area contributed by atoms with Gasteiger partial charge in [0.15, 0.2) is 5.12 Å². The minimum absolute atomic E-state index is 0.0266. The topological polar surface area (TPSA) is 63.7 Å². The summed E-state index contributed by atoms with van der Waals surface area (Å²) < 4.78 is 4.69. The lowest BCUT2D eigenvalue weighted by molar-refractivity contribution is -0.139. The molecule has 1 aromatic carbocycles. The SMILES string of the molecule is CCCC(=O)SCC(=O)N(CC(=O)OC)c1c(C)ccc(Cl)c1C. The van der Waals surface area contributed by atoms with Gasteiger partial charge in [0.2, 0.25) is 5.91 Å². The van der Waals surface area contributed by atoms with Gasteiger partial charge < -0.3 is 4.74 Å². The second kappa shape index (κ2) is 9.69. The first-order chi connectivity index (χ1) is 11.3. The van der Waals surface area contributed by atoms with Gasteiger partial charge in [-0.05, 0) is 37.5 Å². The number of amides is 1. The first kappa shape index (κ1) is 20.5. The number of benzene rings is 1. The molecule has 0 N–H and O–H groups in total. The predicted molar refractivity (Wildman–Crippen MR) is 97.7 cm³/mol. The molecule has 0 unspecified atom stereocenters. The molecule has 1 aromatic rings. The van der Waals surface area contributed by atoms with Gasteiger partial charge in [-0.1, -0.05) is 36.4 Å². The lowest BCUT2D eigenvalue weighted by atomic mass is 10.1. The number of halogens is 1. The molecule has 132 valence electrons. The third kappa shape index (κ3) is 5.53. The van der Waals surface area contributed by atoms with Crippen molar-refractivity contribution in [2.24, 2.45) is 0 Å². The molecule has 0 aliphatic carbocycles. The van der Waals surface area contributed by atoms with Crippen LogP contribution in [0.5, 0.6) is 0 Å². The molecule has 0 atom stereocenters. The van der Waals surface area contributed by atoms with Gasteiger partial charge in [0, 0.05) is 11.4 Å². The molecule has 0 saturated heterocycles. The molecule has 24 heavy (non-hydrogen) atoms. The van der Waals surface area contributed by atoms with Crippen LogP contribution in [-0.4, -0.2) is 36.4 Å². The van der Waals surface area contributed by atoms with Gasteiger partial charge in [0.25, 0.3) is 0 Å². The van der Waals surface area contributed by atoms with Gasteiger partial charge in [-0.25, -0.2) is 0 Å². The van der Waals surface area contributed by atoms with Crippen molar-refractivity contribution in [1.29, 1.82) is 0 Å². The van der Waals surface area contributed by atoms with E-state index in [0.29, 0.717) is 22.7 Å². The fourth-order valence-corrected chi connectivity index (χ4v) is 3.15. The van der Waals surface area contributed by atoms with Gasteiger partial charge in [-0.3, -0.25) is 19.3 Å². The highest BCUT2D eigenvalue weighted by molar-refractivity contribution is 8.14. The van der Waals surface area contributed by atoms with Crippen LogP contribution in [0.2, 0.25) is 5.02 Å². The van der Waals surface area contributed by atoms with Crippen LogP contribution >= 0.6 is 23.4 Å². The molecule has 0 radical (unpaired) electrons. The minimum Gasteiger partial charge on any atom is -0.468 e. The Morgan fingerprint density at radius 3 is 2.50 bits per heavy atom. The summed E-state index contributed by atoms with van der Waals surface area (Å²) in [6.07, 6.45) is 1.16. The van der Waals surface area contributed by atoms with E-state index < -0.39 is 5.97 Å². The number of hydrogen-bond acceptors (Lipinski definition) is 5. The zero-order valence-corrected chi connectivity index (χ0v) is 15.9. The second-order valence-corrected chi connectivity index (χ2v) is 6.74. The number of aryl methyl sites for hydroxylation is 1. The van der Waals surface area contributed by atoms with E-state index in [2.05, 4.69) is 4.74 Å². The summed E-state index contributed by atoms with van der Waals surface area (Å²) in [5, 5.41) is 0.469. The van der Waals surface area contributed by atoms with Crippen LogP contribution < -0.4 is 4.90 Å². The van der Waals surface area contributed by atoms with Gasteiger partial charge in [0.05, 0.1) is 18.6 Å². The number of rotatable bonds is 7. The van der Waals surface area contributed by atoms with Crippen molar-refractivity contribution in [2.45, 2.75) is 33.6 Å². The summed E-state index contributed by atoms with van der Waals surface area (Å²) in [7, 11) is 1.27. The smallest absolute Gasteiger partial charge is 0.325 e. The number of carbonyl (C=O) groups is 3. The number of anilines is 1. The van der Waals surface area contributed by atoms with Crippen LogP contribution in [0.1, 0.15) is 30.9 Å². The van der Waals surface area contributed by atoms with E-state index >= 15 is 0 Å². The minimum atomic E-state index is -0.535. The van der Waals surface area contributed by atoms with Gasteiger partial charge >= 0.3 is 5.97 Å². The Morgan fingerprint density at radius 1 is 1.25 bits per heavy atom. The Hall–Kier alpha value is -1.53. The van der Waals surface area contributed by atoms with E-state index in [1.807, 2.05) is 13.8 Å². The number of methoxy groups -OCH3 is 1. The summed E-state index contributed by atoms with van der Waals surface area (Å²) in [6, 6.07) is 3.54. The molecule has 1 amide bonds. The highest BCUT2D eigenvalue weighted by atomic mass is 35.5. The maximum Gasteiger partial charge on any atom is 0.325 e. The number of hydrogen-bond donors (Lipinski definition) is 0. The molecule has 1 rings (SSSR count). The van der Waals surface area contributed by atoms with Crippen molar-refractivity contribution < 1.29 is 19.1 Å². The summed E-state index contributed by atoms with van der Waals surface area (Å²) in [6.45, 7) is 5.31. The molecule has 0 spiro atoms. The molecule has 7 heteroatoms. The lowest BCUT2D eigenvalue weighted by Crippen LogP contribution is -2.38. The Kier molecular flexibility index (Phi) is 8.28. The standard InChI is InChI=1S/C17H22ClNO4S/c1-5-6-16(22)24-10-14(20)19(9-15(21)23-4)17-11(2)7-8-13(18)12(17)3/h7-8H,5-6,9-10H2,1-4H3. The highest BCUT2D eigenvalue weighted by Gasteiger charge is 2.24. The Balaban J connectivity index is 3.09. The van der Waals surface area contributed by atoms with E-state index in [4.69, 9.17) is 11.6 Å². The zero-order valence-electron chi connectivity index (χ0n) is 14.3. The van der Waals surface area contributed by atoms with Crippen LogP contribution in [0.25, 0.3) is 0 Å². The third-order valence-electron chi connectivity index (χ3n) is 3.46.